The predicted molar refractivity (Wildman–Crippen MR) is 136 cm³/mol. The molecule has 0 aliphatic carbocycles. The molecule has 5 rings (SSSR count). The molecule has 1 N–H and O–H groups in total. The number of benzene rings is 3. The number of carbonyl (C=O) groups excluding carboxylic acids is 1. The summed E-state index contributed by atoms with van der Waals surface area (Å²) in [6, 6.07) is 17.7. The Kier molecular flexibility index (Phi) is 7.57. The van der Waals surface area contributed by atoms with Crippen LogP contribution in [0.1, 0.15) is 23.1 Å². The van der Waals surface area contributed by atoms with Crippen molar-refractivity contribution in [3.8, 4) is 34.5 Å². The lowest BCUT2D eigenvalue weighted by Crippen LogP contribution is -2.33. The maximum absolute atomic E-state index is 13.7. The van der Waals surface area contributed by atoms with Gasteiger partial charge in [-0.2, -0.15) is 0 Å². The van der Waals surface area contributed by atoms with E-state index in [1.54, 1.807) is 48.5 Å². The van der Waals surface area contributed by atoms with Crippen molar-refractivity contribution in [2.45, 2.75) is 12.0 Å². The van der Waals surface area contributed by atoms with Crippen molar-refractivity contribution >= 4 is 5.97 Å². The highest BCUT2D eigenvalue weighted by Gasteiger charge is 2.44. The summed E-state index contributed by atoms with van der Waals surface area (Å²) in [5, 5.41) is 11.6. The number of carbonyl (C=O) groups is 1. The zero-order valence-corrected chi connectivity index (χ0v) is 21.4. The first-order valence-corrected chi connectivity index (χ1v) is 12.3. The first-order chi connectivity index (χ1) is 18.5. The molecule has 4 unspecified atom stereocenters. The Morgan fingerprint density at radius 1 is 0.842 bits per heavy atom. The van der Waals surface area contributed by atoms with Crippen LogP contribution in [0.4, 0.5) is 0 Å². The lowest BCUT2D eigenvalue weighted by Gasteiger charge is -2.29. The van der Waals surface area contributed by atoms with Gasteiger partial charge in [0, 0.05) is 11.8 Å². The Morgan fingerprint density at radius 2 is 1.53 bits per heavy atom. The standard InChI is InChI=1S/C29H30O9/c1-32-24-12-18(13-25(33-2)28(24)34-3)27(30)21-15-35-14-20(21)26(29(31)38-19-7-5-4-6-8-19)17-9-10-22-23(11-17)37-16-36-22/h4-13,20-21,26-27,30H,14-16H2,1-3H3. The highest BCUT2D eigenvalue weighted by atomic mass is 16.7. The van der Waals surface area contributed by atoms with E-state index in [-0.39, 0.29) is 20.0 Å². The van der Waals surface area contributed by atoms with Gasteiger partial charge in [-0.25, -0.2) is 0 Å². The largest absolute Gasteiger partial charge is 0.493 e. The van der Waals surface area contributed by atoms with Crippen LogP contribution in [0.3, 0.4) is 0 Å². The molecule has 3 aromatic rings. The van der Waals surface area contributed by atoms with E-state index in [2.05, 4.69) is 0 Å². The molecule has 0 radical (unpaired) electrons. The van der Waals surface area contributed by atoms with Gasteiger partial charge in [-0.1, -0.05) is 24.3 Å². The molecular weight excluding hydrogens is 492 g/mol. The number of methoxy groups -OCH3 is 3. The van der Waals surface area contributed by atoms with Gasteiger partial charge < -0.3 is 38.3 Å². The molecule has 9 heteroatoms. The zero-order chi connectivity index (χ0) is 26.6. The third kappa shape index (κ3) is 4.94. The summed E-state index contributed by atoms with van der Waals surface area (Å²) in [4.78, 5) is 13.7. The molecule has 0 bridgehead atoms. The fraction of sp³-hybridized carbons (Fsp3) is 0.345. The van der Waals surface area contributed by atoms with Crippen LogP contribution in [0.25, 0.3) is 0 Å². The van der Waals surface area contributed by atoms with Gasteiger partial charge in [0.15, 0.2) is 23.0 Å². The van der Waals surface area contributed by atoms with E-state index >= 15 is 0 Å². The minimum atomic E-state index is -0.989. The number of ether oxygens (including phenoxy) is 7. The lowest BCUT2D eigenvalue weighted by molar-refractivity contribution is -0.138. The second-order valence-corrected chi connectivity index (χ2v) is 9.09. The molecule has 0 spiro atoms. The summed E-state index contributed by atoms with van der Waals surface area (Å²) in [6.45, 7) is 0.629. The molecule has 2 aliphatic rings. The molecular formula is C29H30O9. The molecule has 0 aromatic heterocycles. The van der Waals surface area contributed by atoms with Crippen molar-refractivity contribution < 1.29 is 43.1 Å². The number of hydrogen-bond donors (Lipinski definition) is 1. The first-order valence-electron chi connectivity index (χ1n) is 12.3. The van der Waals surface area contributed by atoms with Crippen LogP contribution in [-0.2, 0) is 9.53 Å². The minimum Gasteiger partial charge on any atom is -0.493 e. The van der Waals surface area contributed by atoms with E-state index < -0.39 is 29.8 Å². The third-order valence-electron chi connectivity index (χ3n) is 7.00. The summed E-state index contributed by atoms with van der Waals surface area (Å²) >= 11 is 0. The van der Waals surface area contributed by atoms with E-state index in [1.165, 1.54) is 21.3 Å². The molecule has 38 heavy (non-hydrogen) atoms. The second kappa shape index (κ2) is 11.2. The fourth-order valence-corrected chi connectivity index (χ4v) is 5.11. The van der Waals surface area contributed by atoms with Crippen molar-refractivity contribution in [1.29, 1.82) is 0 Å². The number of fused-ring (bicyclic) bond motifs is 1. The average molecular weight is 523 g/mol. The molecule has 1 fully saturated rings. The van der Waals surface area contributed by atoms with E-state index in [9.17, 15) is 9.90 Å². The van der Waals surface area contributed by atoms with Gasteiger partial charge >= 0.3 is 5.97 Å². The van der Waals surface area contributed by atoms with Gasteiger partial charge in [0.1, 0.15) is 5.75 Å². The molecule has 200 valence electrons. The molecule has 3 aromatic carbocycles. The Bertz CT molecular complexity index is 1250. The first kappa shape index (κ1) is 25.7. The van der Waals surface area contributed by atoms with Crippen molar-refractivity contribution in [1.82, 2.24) is 0 Å². The fourth-order valence-electron chi connectivity index (χ4n) is 5.11. The van der Waals surface area contributed by atoms with Gasteiger partial charge in [-0.05, 0) is 47.5 Å². The van der Waals surface area contributed by atoms with Crippen LogP contribution in [0, 0.1) is 11.8 Å². The highest BCUT2D eigenvalue weighted by molar-refractivity contribution is 5.81. The number of aliphatic hydroxyl groups is 1. The summed E-state index contributed by atoms with van der Waals surface area (Å²) in [5.74, 6) is 0.845. The van der Waals surface area contributed by atoms with E-state index in [0.717, 1.165) is 0 Å². The molecule has 0 saturated carbocycles. The van der Waals surface area contributed by atoms with Crippen molar-refractivity contribution in [3.63, 3.8) is 0 Å². The number of hydrogen-bond acceptors (Lipinski definition) is 9. The summed E-state index contributed by atoms with van der Waals surface area (Å²) in [6.07, 6.45) is -0.989. The average Bonchev–Trinajstić information content (AvgIpc) is 3.62. The highest BCUT2D eigenvalue weighted by Crippen LogP contribution is 2.46. The summed E-state index contributed by atoms with van der Waals surface area (Å²) in [7, 11) is 4.56. The molecule has 0 amide bonds. The Labute approximate surface area is 220 Å². The smallest absolute Gasteiger partial charge is 0.319 e. The van der Waals surface area contributed by atoms with Gasteiger partial charge in [0.2, 0.25) is 12.5 Å². The third-order valence-corrected chi connectivity index (χ3v) is 7.00. The van der Waals surface area contributed by atoms with Crippen molar-refractivity contribution in [3.05, 3.63) is 71.8 Å². The normalized spacial score (nSPS) is 19.5. The quantitative estimate of drug-likeness (QED) is 0.328. The second-order valence-electron chi connectivity index (χ2n) is 9.09. The maximum atomic E-state index is 13.7. The molecule has 2 heterocycles. The summed E-state index contributed by atoms with van der Waals surface area (Å²) < 4.78 is 39.1. The van der Waals surface area contributed by atoms with Crippen LogP contribution in [-0.4, -0.2) is 52.4 Å². The number of aliphatic hydroxyl groups excluding tert-OH is 1. The van der Waals surface area contributed by atoms with E-state index in [1.807, 2.05) is 12.1 Å². The van der Waals surface area contributed by atoms with Crippen LogP contribution in [0.2, 0.25) is 0 Å². The Hall–Kier alpha value is -3.95. The number of esters is 1. The van der Waals surface area contributed by atoms with E-state index in [0.29, 0.717) is 45.6 Å². The predicted octanol–water partition coefficient (Wildman–Crippen LogP) is 4.13. The number of rotatable bonds is 9. The SMILES string of the molecule is COc1cc(C(O)C2COCC2C(C(=O)Oc2ccccc2)c2ccc3c(c2)OCO3)cc(OC)c1OC. The molecule has 9 nitrogen and oxygen atoms in total. The monoisotopic (exact) mass is 522 g/mol. The van der Waals surface area contributed by atoms with Crippen LogP contribution in [0.15, 0.2) is 60.7 Å². The Morgan fingerprint density at radius 3 is 2.21 bits per heavy atom. The van der Waals surface area contributed by atoms with Gasteiger partial charge in [-0.15, -0.1) is 0 Å². The van der Waals surface area contributed by atoms with Crippen LogP contribution in [0.5, 0.6) is 34.5 Å². The van der Waals surface area contributed by atoms with Gasteiger partial charge in [0.25, 0.3) is 0 Å². The topological polar surface area (TPSA) is 102 Å². The maximum Gasteiger partial charge on any atom is 0.319 e. The van der Waals surface area contributed by atoms with Crippen molar-refractivity contribution in [2.75, 3.05) is 41.3 Å². The van der Waals surface area contributed by atoms with Crippen LogP contribution < -0.4 is 28.4 Å². The number of para-hydroxylation sites is 1. The lowest BCUT2D eigenvalue weighted by atomic mass is 9.76. The Balaban J connectivity index is 1.50. The van der Waals surface area contributed by atoms with Crippen LogP contribution >= 0.6 is 0 Å². The zero-order valence-electron chi connectivity index (χ0n) is 21.4. The molecule has 4 atom stereocenters. The molecule has 1 saturated heterocycles. The molecule has 2 aliphatic heterocycles. The van der Waals surface area contributed by atoms with Gasteiger partial charge in [0.05, 0.1) is 46.6 Å². The minimum absolute atomic E-state index is 0.118. The summed E-state index contributed by atoms with van der Waals surface area (Å²) in [5.41, 5.74) is 1.24. The van der Waals surface area contributed by atoms with Crippen molar-refractivity contribution in [2.24, 2.45) is 11.8 Å². The van der Waals surface area contributed by atoms with E-state index in [4.69, 9.17) is 33.2 Å². The van der Waals surface area contributed by atoms with Gasteiger partial charge in [-0.3, -0.25) is 4.79 Å².